The van der Waals surface area contributed by atoms with E-state index in [2.05, 4.69) is 4.74 Å². The van der Waals surface area contributed by atoms with Crippen LogP contribution in [0.3, 0.4) is 0 Å². The first-order chi connectivity index (χ1) is 9.93. The Bertz CT molecular complexity index is 514. The maximum atomic E-state index is 12.0. The largest absolute Gasteiger partial charge is 0.469 e. The molecule has 0 aliphatic carbocycles. The maximum absolute atomic E-state index is 12.0. The highest BCUT2D eigenvalue weighted by molar-refractivity contribution is 7.80. The van der Waals surface area contributed by atoms with Crippen molar-refractivity contribution in [3.05, 3.63) is 35.4 Å². The van der Waals surface area contributed by atoms with Crippen molar-refractivity contribution in [1.82, 2.24) is 4.90 Å². The lowest BCUT2D eigenvalue weighted by Crippen LogP contribution is -2.29. The molecule has 21 heavy (non-hydrogen) atoms. The van der Waals surface area contributed by atoms with E-state index in [4.69, 9.17) is 18.0 Å². The molecule has 1 aromatic carbocycles. The van der Waals surface area contributed by atoms with Crippen molar-refractivity contribution < 1.29 is 14.3 Å². The number of esters is 1. The summed E-state index contributed by atoms with van der Waals surface area (Å²) in [6.45, 7) is 0.527. The average Bonchev–Trinajstić information content (AvgIpc) is 2.47. The van der Waals surface area contributed by atoms with Crippen molar-refractivity contribution >= 4 is 29.1 Å². The van der Waals surface area contributed by atoms with E-state index in [-0.39, 0.29) is 11.9 Å². The predicted molar refractivity (Wildman–Crippen MR) is 84.9 cm³/mol. The molecule has 0 atom stereocenters. The first-order valence-electron chi connectivity index (χ1n) is 6.63. The number of ether oxygens (including phenoxy) is 1. The molecule has 5 nitrogen and oxygen atoms in total. The molecular formula is C15H20N2O3S. The zero-order chi connectivity index (χ0) is 15.8. The number of methoxy groups -OCH3 is 1. The quantitative estimate of drug-likeness (QED) is 0.607. The number of rotatable bonds is 7. The third kappa shape index (κ3) is 5.91. The molecule has 0 spiro atoms. The van der Waals surface area contributed by atoms with Gasteiger partial charge in [-0.05, 0) is 12.0 Å². The Morgan fingerprint density at radius 3 is 2.43 bits per heavy atom. The van der Waals surface area contributed by atoms with E-state index >= 15 is 0 Å². The first kappa shape index (κ1) is 17.1. The third-order valence-electron chi connectivity index (χ3n) is 3.12. The minimum absolute atomic E-state index is 0.00272. The predicted octanol–water partition coefficient (Wildman–Crippen LogP) is 1.27. The van der Waals surface area contributed by atoms with Crippen molar-refractivity contribution in [2.75, 3.05) is 20.7 Å². The normalized spacial score (nSPS) is 10.0. The van der Waals surface area contributed by atoms with E-state index in [0.29, 0.717) is 30.8 Å². The fraction of sp³-hybridized carbons (Fsp3) is 0.400. The molecule has 0 heterocycles. The summed E-state index contributed by atoms with van der Waals surface area (Å²) in [6.07, 6.45) is 1.22. The van der Waals surface area contributed by atoms with Gasteiger partial charge in [0.15, 0.2) is 0 Å². The van der Waals surface area contributed by atoms with Crippen LogP contribution >= 0.6 is 12.2 Å². The van der Waals surface area contributed by atoms with Crippen molar-refractivity contribution in [1.29, 1.82) is 0 Å². The Hall–Kier alpha value is -1.95. The summed E-state index contributed by atoms with van der Waals surface area (Å²) in [5.74, 6) is -0.257. The van der Waals surface area contributed by atoms with Crippen LogP contribution in [0.5, 0.6) is 0 Å². The Labute approximate surface area is 130 Å². The van der Waals surface area contributed by atoms with E-state index < -0.39 is 0 Å². The Kier molecular flexibility index (Phi) is 6.81. The molecule has 6 heteroatoms. The molecule has 0 fully saturated rings. The van der Waals surface area contributed by atoms with Crippen LogP contribution in [-0.4, -0.2) is 42.5 Å². The van der Waals surface area contributed by atoms with Crippen LogP contribution in [0.2, 0.25) is 0 Å². The number of carbonyl (C=O) groups excluding carboxylic acids is 2. The van der Waals surface area contributed by atoms with Crippen molar-refractivity contribution in [2.24, 2.45) is 5.73 Å². The second kappa shape index (κ2) is 8.36. The molecule has 0 bridgehead atoms. The van der Waals surface area contributed by atoms with Gasteiger partial charge < -0.3 is 15.4 Å². The summed E-state index contributed by atoms with van der Waals surface area (Å²) < 4.78 is 4.56. The van der Waals surface area contributed by atoms with Gasteiger partial charge in [0.2, 0.25) is 5.91 Å². The van der Waals surface area contributed by atoms with Gasteiger partial charge in [-0.3, -0.25) is 9.59 Å². The number of nitrogens with zero attached hydrogens (tertiary/aromatic N) is 1. The van der Waals surface area contributed by atoms with Crippen molar-refractivity contribution in [3.8, 4) is 0 Å². The number of hydrogen-bond acceptors (Lipinski definition) is 4. The Balaban J connectivity index is 2.44. The molecule has 0 aliphatic heterocycles. The lowest BCUT2D eigenvalue weighted by molar-refractivity contribution is -0.141. The highest BCUT2D eigenvalue weighted by Gasteiger charge is 2.10. The second-order valence-corrected chi connectivity index (χ2v) is 5.17. The van der Waals surface area contributed by atoms with Gasteiger partial charge in [-0.15, -0.1) is 0 Å². The minimum atomic E-state index is -0.260. The van der Waals surface area contributed by atoms with Crippen LogP contribution in [0.1, 0.15) is 24.0 Å². The van der Waals surface area contributed by atoms with Crippen LogP contribution in [0.25, 0.3) is 0 Å². The van der Waals surface area contributed by atoms with Crippen LogP contribution in [0, 0.1) is 0 Å². The number of likely N-dealkylation sites (N-methyl/N-ethyl adjacent to an activating group) is 1. The lowest BCUT2D eigenvalue weighted by atomic mass is 10.1. The van der Waals surface area contributed by atoms with E-state index in [1.54, 1.807) is 11.9 Å². The monoisotopic (exact) mass is 308 g/mol. The fourth-order valence-corrected chi connectivity index (χ4v) is 1.92. The van der Waals surface area contributed by atoms with E-state index in [9.17, 15) is 9.59 Å². The summed E-state index contributed by atoms with van der Waals surface area (Å²) in [4.78, 5) is 25.0. The van der Waals surface area contributed by atoms with Crippen molar-refractivity contribution in [2.45, 2.75) is 19.3 Å². The summed E-state index contributed by atoms with van der Waals surface area (Å²) in [5.41, 5.74) is 7.21. The molecule has 1 rings (SSSR count). The molecule has 114 valence electrons. The molecule has 1 aromatic rings. The molecule has 1 amide bonds. The van der Waals surface area contributed by atoms with Crippen LogP contribution < -0.4 is 5.73 Å². The standard InChI is InChI=1S/C15H20N2O3S/c1-17(9-3-4-14(19)20-2)13(18)10-11-5-7-12(8-6-11)15(16)21/h5-8H,3-4,9-10H2,1-2H3,(H2,16,21). The maximum Gasteiger partial charge on any atom is 0.305 e. The summed E-state index contributed by atoms with van der Waals surface area (Å²) >= 11 is 4.88. The minimum Gasteiger partial charge on any atom is -0.469 e. The van der Waals surface area contributed by atoms with Gasteiger partial charge in [-0.2, -0.15) is 0 Å². The van der Waals surface area contributed by atoms with E-state index in [0.717, 1.165) is 11.1 Å². The molecule has 0 unspecified atom stereocenters. The Morgan fingerprint density at radius 1 is 1.29 bits per heavy atom. The number of carbonyl (C=O) groups is 2. The molecule has 2 N–H and O–H groups in total. The number of benzene rings is 1. The van der Waals surface area contributed by atoms with Gasteiger partial charge in [-0.1, -0.05) is 36.5 Å². The summed E-state index contributed by atoms with van der Waals surface area (Å²) in [7, 11) is 3.08. The molecule has 0 saturated carbocycles. The van der Waals surface area contributed by atoms with Crippen LogP contribution in [0.15, 0.2) is 24.3 Å². The van der Waals surface area contributed by atoms with Gasteiger partial charge in [0, 0.05) is 25.6 Å². The zero-order valence-electron chi connectivity index (χ0n) is 12.3. The molecule has 0 aromatic heterocycles. The number of thiocarbonyl (C=S) groups is 1. The number of nitrogens with two attached hydrogens (primary N) is 1. The molecule has 0 saturated heterocycles. The van der Waals surface area contributed by atoms with Gasteiger partial charge in [0.25, 0.3) is 0 Å². The van der Waals surface area contributed by atoms with E-state index in [1.165, 1.54) is 7.11 Å². The summed E-state index contributed by atoms with van der Waals surface area (Å²) in [5, 5.41) is 0. The number of amides is 1. The fourth-order valence-electron chi connectivity index (χ4n) is 1.78. The highest BCUT2D eigenvalue weighted by atomic mass is 32.1. The SMILES string of the molecule is COC(=O)CCCN(C)C(=O)Cc1ccc(C(N)=S)cc1. The van der Waals surface area contributed by atoms with Gasteiger partial charge in [0.05, 0.1) is 13.5 Å². The van der Waals surface area contributed by atoms with Gasteiger partial charge in [-0.25, -0.2) is 0 Å². The molecular weight excluding hydrogens is 288 g/mol. The molecule has 0 aliphatic rings. The zero-order valence-corrected chi connectivity index (χ0v) is 13.1. The van der Waals surface area contributed by atoms with Crippen LogP contribution in [0.4, 0.5) is 0 Å². The first-order valence-corrected chi connectivity index (χ1v) is 7.04. The van der Waals surface area contributed by atoms with Crippen LogP contribution in [-0.2, 0) is 20.7 Å². The smallest absolute Gasteiger partial charge is 0.305 e. The third-order valence-corrected chi connectivity index (χ3v) is 3.36. The summed E-state index contributed by atoms with van der Waals surface area (Å²) in [6, 6.07) is 7.30. The topological polar surface area (TPSA) is 72.6 Å². The average molecular weight is 308 g/mol. The van der Waals surface area contributed by atoms with E-state index in [1.807, 2.05) is 24.3 Å². The second-order valence-electron chi connectivity index (χ2n) is 4.73. The van der Waals surface area contributed by atoms with Crippen molar-refractivity contribution in [3.63, 3.8) is 0 Å². The van der Waals surface area contributed by atoms with Gasteiger partial charge in [0.1, 0.15) is 4.99 Å². The van der Waals surface area contributed by atoms with Gasteiger partial charge >= 0.3 is 5.97 Å². The number of hydrogen-bond donors (Lipinski definition) is 1. The molecule has 0 radical (unpaired) electrons. The lowest BCUT2D eigenvalue weighted by Gasteiger charge is -2.17. The highest BCUT2D eigenvalue weighted by Crippen LogP contribution is 2.07. The Morgan fingerprint density at radius 2 is 1.90 bits per heavy atom.